The molecule has 0 fully saturated rings. The van der Waals surface area contributed by atoms with E-state index >= 15 is 0 Å². The van der Waals surface area contributed by atoms with Crippen LogP contribution in [0.5, 0.6) is 0 Å². The van der Waals surface area contributed by atoms with E-state index in [0.717, 1.165) is 4.47 Å². The van der Waals surface area contributed by atoms with Gasteiger partial charge in [-0.15, -0.1) is 11.3 Å². The summed E-state index contributed by atoms with van der Waals surface area (Å²) < 4.78 is 0.879. The Morgan fingerprint density at radius 1 is 1.38 bits per heavy atom. The zero-order valence-electron chi connectivity index (χ0n) is 10.9. The number of rotatable bonds is 4. The van der Waals surface area contributed by atoms with Gasteiger partial charge in [-0.25, -0.2) is 5.43 Å². The van der Waals surface area contributed by atoms with E-state index in [4.69, 9.17) is 0 Å². The maximum absolute atomic E-state index is 11.9. The van der Waals surface area contributed by atoms with Crippen LogP contribution in [0, 0.1) is 10.1 Å². The largest absolute Gasteiger partial charge is 0.280 e. The van der Waals surface area contributed by atoms with E-state index in [-0.39, 0.29) is 11.6 Å². The molecule has 1 N–H and O–H groups in total. The Labute approximate surface area is 132 Å². The van der Waals surface area contributed by atoms with E-state index in [9.17, 15) is 14.9 Å². The second-order valence-electron chi connectivity index (χ2n) is 4.07. The predicted octanol–water partition coefficient (Wildman–Crippen LogP) is 3.57. The van der Waals surface area contributed by atoms with Crippen molar-refractivity contribution >= 4 is 44.6 Å². The molecule has 21 heavy (non-hydrogen) atoms. The quantitative estimate of drug-likeness (QED) is 0.509. The van der Waals surface area contributed by atoms with Gasteiger partial charge in [-0.2, -0.15) is 5.10 Å². The molecule has 2 rings (SSSR count). The summed E-state index contributed by atoms with van der Waals surface area (Å²) in [5, 5.41) is 16.0. The molecule has 1 aromatic heterocycles. The maximum atomic E-state index is 11.9. The molecule has 0 aliphatic carbocycles. The van der Waals surface area contributed by atoms with Gasteiger partial charge in [0.25, 0.3) is 11.6 Å². The molecule has 0 radical (unpaired) electrons. The van der Waals surface area contributed by atoms with Gasteiger partial charge in [0.15, 0.2) is 0 Å². The van der Waals surface area contributed by atoms with Crippen LogP contribution in [0.2, 0.25) is 0 Å². The zero-order valence-corrected chi connectivity index (χ0v) is 13.3. The van der Waals surface area contributed by atoms with E-state index < -0.39 is 4.92 Å². The minimum Gasteiger partial charge on any atom is -0.267 e. The number of amides is 1. The highest BCUT2D eigenvalue weighted by Gasteiger charge is 2.11. The predicted molar refractivity (Wildman–Crippen MR) is 84.8 cm³/mol. The first-order chi connectivity index (χ1) is 9.97. The average molecular weight is 368 g/mol. The Morgan fingerprint density at radius 3 is 2.62 bits per heavy atom. The van der Waals surface area contributed by atoms with Crippen LogP contribution < -0.4 is 5.43 Å². The summed E-state index contributed by atoms with van der Waals surface area (Å²) in [6, 6.07) is 8.28. The second-order valence-corrected chi connectivity index (χ2v) is 5.90. The Hall–Kier alpha value is -2.06. The zero-order chi connectivity index (χ0) is 15.4. The fourth-order valence-corrected chi connectivity index (χ4v) is 2.54. The highest BCUT2D eigenvalue weighted by atomic mass is 79.9. The minimum absolute atomic E-state index is 0.0174. The van der Waals surface area contributed by atoms with E-state index in [1.54, 1.807) is 31.2 Å². The van der Waals surface area contributed by atoms with Crippen molar-refractivity contribution in [2.24, 2.45) is 5.10 Å². The Kier molecular flexibility index (Phi) is 4.81. The van der Waals surface area contributed by atoms with Gasteiger partial charge in [0, 0.05) is 16.1 Å². The summed E-state index contributed by atoms with van der Waals surface area (Å²) in [5.74, 6) is -0.340. The highest BCUT2D eigenvalue weighted by Crippen LogP contribution is 2.21. The third-order valence-electron chi connectivity index (χ3n) is 2.58. The van der Waals surface area contributed by atoms with E-state index in [1.807, 2.05) is 0 Å². The number of nitrogens with zero attached hydrogens (tertiary/aromatic N) is 2. The van der Waals surface area contributed by atoms with E-state index in [1.165, 1.54) is 22.8 Å². The molecule has 1 aromatic carbocycles. The van der Waals surface area contributed by atoms with Crippen molar-refractivity contribution in [1.82, 2.24) is 5.43 Å². The molecule has 0 aliphatic heterocycles. The number of nitrogens with one attached hydrogen (secondary N) is 1. The van der Waals surface area contributed by atoms with Gasteiger partial charge in [0.1, 0.15) is 0 Å². The topological polar surface area (TPSA) is 84.6 Å². The molecule has 0 aliphatic rings. The highest BCUT2D eigenvalue weighted by molar-refractivity contribution is 9.10. The number of benzene rings is 1. The van der Waals surface area contributed by atoms with Crippen molar-refractivity contribution in [1.29, 1.82) is 0 Å². The van der Waals surface area contributed by atoms with Crippen LogP contribution in [0.4, 0.5) is 5.69 Å². The van der Waals surface area contributed by atoms with Crippen molar-refractivity contribution in [3.8, 4) is 0 Å². The van der Waals surface area contributed by atoms with Crippen LogP contribution in [0.1, 0.15) is 22.2 Å². The van der Waals surface area contributed by atoms with Gasteiger partial charge < -0.3 is 0 Å². The van der Waals surface area contributed by atoms with Crippen LogP contribution >= 0.6 is 27.3 Å². The summed E-state index contributed by atoms with van der Waals surface area (Å²) in [7, 11) is 0. The lowest BCUT2D eigenvalue weighted by molar-refractivity contribution is -0.384. The molecular formula is C13H10BrN3O3S. The van der Waals surface area contributed by atoms with Crippen molar-refractivity contribution in [3.63, 3.8) is 0 Å². The lowest BCUT2D eigenvalue weighted by Gasteiger charge is -2.01. The number of thiophene rings is 1. The summed E-state index contributed by atoms with van der Waals surface area (Å²) in [4.78, 5) is 22.7. The number of carbonyl (C=O) groups is 1. The summed E-state index contributed by atoms with van der Waals surface area (Å²) in [5.41, 5.74) is 3.43. The Morgan fingerprint density at radius 2 is 2.05 bits per heavy atom. The molecule has 2 aromatic rings. The molecule has 0 saturated carbocycles. The number of hydrazone groups is 1. The molecule has 1 amide bonds. The Bertz CT molecular complexity index is 710. The SMILES string of the molecule is C/C(=N\NC(=O)c1ccc(Br)cc1)c1cc([N+](=O)[O-])cs1. The van der Waals surface area contributed by atoms with Crippen molar-refractivity contribution < 1.29 is 9.72 Å². The molecule has 6 nitrogen and oxygen atoms in total. The summed E-state index contributed by atoms with van der Waals surface area (Å²) in [6.45, 7) is 1.68. The first kappa shape index (κ1) is 15.3. The molecule has 8 heteroatoms. The molecule has 1 heterocycles. The molecule has 0 spiro atoms. The van der Waals surface area contributed by atoms with Crippen LogP contribution in [-0.2, 0) is 0 Å². The van der Waals surface area contributed by atoms with Crippen LogP contribution in [0.25, 0.3) is 0 Å². The van der Waals surface area contributed by atoms with Crippen LogP contribution in [-0.4, -0.2) is 16.5 Å². The van der Waals surface area contributed by atoms with Gasteiger partial charge in [-0.05, 0) is 31.2 Å². The lowest BCUT2D eigenvalue weighted by Crippen LogP contribution is -2.18. The maximum Gasteiger partial charge on any atom is 0.280 e. The fraction of sp³-hybridized carbons (Fsp3) is 0.0769. The van der Waals surface area contributed by atoms with Crippen LogP contribution in [0.3, 0.4) is 0 Å². The molecule has 108 valence electrons. The molecule has 0 unspecified atom stereocenters. The Balaban J connectivity index is 2.07. The average Bonchev–Trinajstić information content (AvgIpc) is 2.95. The van der Waals surface area contributed by atoms with Crippen molar-refractivity contribution in [3.05, 3.63) is 60.7 Å². The molecule has 0 atom stereocenters. The van der Waals surface area contributed by atoms with Crippen molar-refractivity contribution in [2.45, 2.75) is 6.92 Å². The van der Waals surface area contributed by atoms with E-state index in [2.05, 4.69) is 26.5 Å². The smallest absolute Gasteiger partial charge is 0.267 e. The molecular weight excluding hydrogens is 358 g/mol. The standard InChI is InChI=1S/C13H10BrN3O3S/c1-8(12-6-11(7-21-12)17(19)20)15-16-13(18)9-2-4-10(14)5-3-9/h2-7H,1H3,(H,16,18)/b15-8+. The summed E-state index contributed by atoms with van der Waals surface area (Å²) in [6.07, 6.45) is 0. The van der Waals surface area contributed by atoms with Gasteiger partial charge in [-0.3, -0.25) is 14.9 Å². The number of carbonyl (C=O) groups excluding carboxylic acids is 1. The fourth-order valence-electron chi connectivity index (χ4n) is 1.47. The minimum atomic E-state index is -0.465. The van der Waals surface area contributed by atoms with Gasteiger partial charge in [0.05, 0.1) is 20.9 Å². The van der Waals surface area contributed by atoms with Gasteiger partial charge in [-0.1, -0.05) is 15.9 Å². The van der Waals surface area contributed by atoms with Gasteiger partial charge in [0.2, 0.25) is 0 Å². The second kappa shape index (κ2) is 6.59. The van der Waals surface area contributed by atoms with Gasteiger partial charge >= 0.3 is 0 Å². The number of hydrogen-bond acceptors (Lipinski definition) is 5. The third-order valence-corrected chi connectivity index (χ3v) is 4.14. The third kappa shape index (κ3) is 3.96. The lowest BCUT2D eigenvalue weighted by atomic mass is 10.2. The van der Waals surface area contributed by atoms with Crippen LogP contribution in [0.15, 0.2) is 45.3 Å². The van der Waals surface area contributed by atoms with Crippen molar-refractivity contribution in [2.75, 3.05) is 0 Å². The summed E-state index contributed by atoms with van der Waals surface area (Å²) >= 11 is 4.49. The molecule has 0 saturated heterocycles. The number of hydrogen-bond donors (Lipinski definition) is 1. The van der Waals surface area contributed by atoms with E-state index in [0.29, 0.717) is 16.2 Å². The molecule has 0 bridgehead atoms. The number of halogens is 1. The monoisotopic (exact) mass is 367 g/mol. The number of nitro groups is 1. The normalized spacial score (nSPS) is 11.2. The first-order valence-corrected chi connectivity index (χ1v) is 7.48. The first-order valence-electron chi connectivity index (χ1n) is 5.81.